The second-order valence-electron chi connectivity index (χ2n) is 3.15. The van der Waals surface area contributed by atoms with Gasteiger partial charge in [0.05, 0.1) is 17.4 Å². The van der Waals surface area contributed by atoms with E-state index in [1.807, 2.05) is 6.92 Å². The van der Waals surface area contributed by atoms with Crippen molar-refractivity contribution >= 4 is 11.3 Å². The third-order valence-electron chi connectivity index (χ3n) is 1.78. The van der Waals surface area contributed by atoms with Gasteiger partial charge >= 0.3 is 0 Å². The Morgan fingerprint density at radius 3 is 3.07 bits per heavy atom. The monoisotopic (exact) mass is 209 g/mol. The summed E-state index contributed by atoms with van der Waals surface area (Å²) >= 11 is 1.53. The van der Waals surface area contributed by atoms with Crippen molar-refractivity contribution in [1.82, 2.24) is 9.97 Å². The molecule has 0 amide bonds. The second-order valence-corrected chi connectivity index (χ2v) is 4.00. The van der Waals surface area contributed by atoms with Gasteiger partial charge in [0, 0.05) is 12.5 Å². The average molecular weight is 209 g/mol. The van der Waals surface area contributed by atoms with Gasteiger partial charge in [-0.05, 0) is 6.92 Å². The molecule has 0 radical (unpaired) electrons. The van der Waals surface area contributed by atoms with E-state index in [0.717, 1.165) is 17.0 Å². The van der Waals surface area contributed by atoms with Crippen LogP contribution >= 0.6 is 11.3 Å². The summed E-state index contributed by atoms with van der Waals surface area (Å²) in [6, 6.07) is 0.103. The lowest BCUT2D eigenvalue weighted by molar-refractivity contribution is 0.574. The van der Waals surface area contributed by atoms with Crippen molar-refractivity contribution in [1.29, 1.82) is 0 Å². The van der Waals surface area contributed by atoms with Crippen molar-refractivity contribution in [2.45, 2.75) is 19.4 Å². The van der Waals surface area contributed by atoms with Crippen molar-refractivity contribution in [3.63, 3.8) is 0 Å². The molecule has 0 aliphatic heterocycles. The van der Waals surface area contributed by atoms with Crippen LogP contribution in [-0.2, 0) is 6.42 Å². The van der Waals surface area contributed by atoms with Crippen LogP contribution in [-0.4, -0.2) is 16.0 Å². The van der Waals surface area contributed by atoms with Crippen LogP contribution in [0.25, 0.3) is 10.8 Å². The molecule has 0 saturated carbocycles. The molecule has 0 aliphatic rings. The molecule has 1 unspecified atom stereocenters. The summed E-state index contributed by atoms with van der Waals surface area (Å²) in [5.41, 5.74) is 8.47. The molecule has 1 atom stereocenters. The van der Waals surface area contributed by atoms with Crippen molar-refractivity contribution in [3.8, 4) is 10.8 Å². The summed E-state index contributed by atoms with van der Waals surface area (Å²) in [6.45, 7) is 1.96. The van der Waals surface area contributed by atoms with E-state index in [1.54, 1.807) is 18.0 Å². The lowest BCUT2D eigenvalue weighted by atomic mass is 10.2. The van der Waals surface area contributed by atoms with E-state index in [0.29, 0.717) is 5.89 Å². The molecular weight excluding hydrogens is 198 g/mol. The van der Waals surface area contributed by atoms with Gasteiger partial charge in [-0.25, -0.2) is 9.97 Å². The van der Waals surface area contributed by atoms with Crippen LogP contribution in [0.1, 0.15) is 12.6 Å². The van der Waals surface area contributed by atoms with Crippen LogP contribution in [0.5, 0.6) is 0 Å². The third-order valence-corrected chi connectivity index (χ3v) is 2.64. The van der Waals surface area contributed by atoms with Gasteiger partial charge < -0.3 is 10.2 Å². The summed E-state index contributed by atoms with van der Waals surface area (Å²) in [7, 11) is 0. The molecule has 4 nitrogen and oxygen atoms in total. The molecule has 2 heterocycles. The van der Waals surface area contributed by atoms with Crippen LogP contribution in [0.4, 0.5) is 0 Å². The van der Waals surface area contributed by atoms with Crippen molar-refractivity contribution in [3.05, 3.63) is 23.7 Å². The fourth-order valence-corrected chi connectivity index (χ4v) is 1.99. The number of nitrogens with two attached hydrogens (primary N) is 1. The normalized spacial score (nSPS) is 13.0. The number of aromatic nitrogens is 2. The fourth-order valence-electron chi connectivity index (χ4n) is 1.23. The van der Waals surface area contributed by atoms with E-state index in [2.05, 4.69) is 9.97 Å². The number of hydrogen-bond donors (Lipinski definition) is 1. The Hall–Kier alpha value is -1.20. The maximum absolute atomic E-state index is 5.72. The van der Waals surface area contributed by atoms with Gasteiger partial charge in [0.25, 0.3) is 0 Å². The minimum Gasteiger partial charge on any atom is -0.444 e. The quantitative estimate of drug-likeness (QED) is 0.835. The molecule has 0 aliphatic carbocycles. The number of hydrogen-bond acceptors (Lipinski definition) is 5. The fraction of sp³-hybridized carbons (Fsp3) is 0.333. The van der Waals surface area contributed by atoms with E-state index in [4.69, 9.17) is 10.2 Å². The van der Waals surface area contributed by atoms with Gasteiger partial charge in [-0.2, -0.15) is 0 Å². The Morgan fingerprint density at radius 1 is 1.57 bits per heavy atom. The molecule has 5 heteroatoms. The maximum atomic E-state index is 5.72. The molecule has 74 valence electrons. The van der Waals surface area contributed by atoms with Crippen LogP contribution in [0.2, 0.25) is 0 Å². The molecule has 2 aromatic rings. The molecule has 0 saturated heterocycles. The molecule has 2 aromatic heterocycles. The molecule has 0 aromatic carbocycles. The van der Waals surface area contributed by atoms with Crippen LogP contribution in [0.15, 0.2) is 22.4 Å². The van der Waals surface area contributed by atoms with Gasteiger partial charge in [0.15, 0.2) is 0 Å². The maximum Gasteiger partial charge on any atom is 0.238 e. The summed E-state index contributed by atoms with van der Waals surface area (Å²) in [5.74, 6) is 0.628. The van der Waals surface area contributed by atoms with E-state index in [1.165, 1.54) is 11.3 Å². The highest BCUT2D eigenvalue weighted by atomic mass is 32.1. The van der Waals surface area contributed by atoms with E-state index in [9.17, 15) is 0 Å². The molecular formula is C9H11N3OS. The largest absolute Gasteiger partial charge is 0.444 e. The topological polar surface area (TPSA) is 64.9 Å². The van der Waals surface area contributed by atoms with E-state index < -0.39 is 0 Å². The SMILES string of the molecule is CC(N)Cc1ncsc1-c1ncco1. The van der Waals surface area contributed by atoms with Crippen molar-refractivity contribution in [2.24, 2.45) is 5.73 Å². The lowest BCUT2D eigenvalue weighted by Crippen LogP contribution is -2.18. The highest BCUT2D eigenvalue weighted by molar-refractivity contribution is 7.13. The minimum absolute atomic E-state index is 0.103. The highest BCUT2D eigenvalue weighted by Gasteiger charge is 2.13. The first-order chi connectivity index (χ1) is 6.77. The first-order valence-electron chi connectivity index (χ1n) is 4.35. The number of oxazole rings is 1. The molecule has 0 spiro atoms. The Morgan fingerprint density at radius 2 is 2.43 bits per heavy atom. The van der Waals surface area contributed by atoms with Crippen LogP contribution < -0.4 is 5.73 Å². The first kappa shape index (κ1) is 9.36. The van der Waals surface area contributed by atoms with Gasteiger partial charge in [-0.15, -0.1) is 11.3 Å². The summed E-state index contributed by atoms with van der Waals surface area (Å²) in [6.07, 6.45) is 3.94. The number of rotatable bonds is 3. The van der Waals surface area contributed by atoms with E-state index >= 15 is 0 Å². The number of nitrogens with zero attached hydrogens (tertiary/aromatic N) is 2. The average Bonchev–Trinajstić information content (AvgIpc) is 2.70. The van der Waals surface area contributed by atoms with Gasteiger partial charge in [-0.1, -0.05) is 0 Å². The Labute approximate surface area is 85.8 Å². The molecule has 2 N–H and O–H groups in total. The van der Waals surface area contributed by atoms with Crippen molar-refractivity contribution in [2.75, 3.05) is 0 Å². The predicted octanol–water partition coefficient (Wildman–Crippen LogP) is 1.69. The first-order valence-corrected chi connectivity index (χ1v) is 5.23. The third kappa shape index (κ3) is 1.83. The summed E-state index contributed by atoms with van der Waals surface area (Å²) in [5, 5.41) is 0. The lowest BCUT2D eigenvalue weighted by Gasteiger charge is -2.02. The Bertz CT molecular complexity index is 394. The van der Waals surface area contributed by atoms with E-state index in [-0.39, 0.29) is 6.04 Å². The molecule has 0 fully saturated rings. The second kappa shape index (κ2) is 3.89. The Balaban J connectivity index is 2.30. The zero-order valence-corrected chi connectivity index (χ0v) is 8.62. The Kier molecular flexibility index (Phi) is 2.60. The van der Waals surface area contributed by atoms with Gasteiger partial charge in [0.1, 0.15) is 11.1 Å². The van der Waals surface area contributed by atoms with Crippen LogP contribution in [0.3, 0.4) is 0 Å². The van der Waals surface area contributed by atoms with Crippen molar-refractivity contribution < 1.29 is 4.42 Å². The predicted molar refractivity (Wildman–Crippen MR) is 55.0 cm³/mol. The van der Waals surface area contributed by atoms with Gasteiger partial charge in [-0.3, -0.25) is 0 Å². The molecule has 2 rings (SSSR count). The summed E-state index contributed by atoms with van der Waals surface area (Å²) in [4.78, 5) is 9.32. The standard InChI is InChI=1S/C9H11N3OS/c1-6(10)4-7-8(14-5-12-7)9-11-2-3-13-9/h2-3,5-6H,4,10H2,1H3. The molecule has 14 heavy (non-hydrogen) atoms. The van der Waals surface area contributed by atoms with Crippen LogP contribution in [0, 0.1) is 0 Å². The smallest absolute Gasteiger partial charge is 0.238 e. The number of thiazole rings is 1. The zero-order valence-electron chi connectivity index (χ0n) is 7.80. The molecule has 0 bridgehead atoms. The minimum atomic E-state index is 0.103. The van der Waals surface area contributed by atoms with Gasteiger partial charge in [0.2, 0.25) is 5.89 Å². The zero-order chi connectivity index (χ0) is 9.97. The highest BCUT2D eigenvalue weighted by Crippen LogP contribution is 2.26. The summed E-state index contributed by atoms with van der Waals surface area (Å²) < 4.78 is 5.22.